The van der Waals surface area contributed by atoms with Crippen molar-refractivity contribution in [3.63, 3.8) is 0 Å². The summed E-state index contributed by atoms with van der Waals surface area (Å²) < 4.78 is 25.8. The SMILES string of the molecule is CC(CN)N(C)Cc1nccn1C(F)F. The molecule has 1 atom stereocenters. The van der Waals surface area contributed by atoms with Crippen molar-refractivity contribution in [3.05, 3.63) is 18.2 Å². The van der Waals surface area contributed by atoms with Gasteiger partial charge in [-0.05, 0) is 14.0 Å². The second-order valence-electron chi connectivity index (χ2n) is 3.53. The highest BCUT2D eigenvalue weighted by Gasteiger charge is 2.15. The van der Waals surface area contributed by atoms with Crippen molar-refractivity contribution in [3.8, 4) is 0 Å². The summed E-state index contributed by atoms with van der Waals surface area (Å²) in [5.74, 6) is 0.354. The summed E-state index contributed by atoms with van der Waals surface area (Å²) in [6, 6.07) is 0.146. The largest absolute Gasteiger partial charge is 0.329 e. The summed E-state index contributed by atoms with van der Waals surface area (Å²) in [4.78, 5) is 5.78. The molecule has 0 aliphatic heterocycles. The van der Waals surface area contributed by atoms with E-state index in [1.54, 1.807) is 0 Å². The van der Waals surface area contributed by atoms with Crippen molar-refractivity contribution >= 4 is 0 Å². The van der Waals surface area contributed by atoms with E-state index in [2.05, 4.69) is 4.98 Å². The Morgan fingerprint density at radius 2 is 2.27 bits per heavy atom. The fourth-order valence-electron chi connectivity index (χ4n) is 1.20. The lowest BCUT2D eigenvalue weighted by Crippen LogP contribution is -2.35. The molecule has 0 saturated carbocycles. The summed E-state index contributed by atoms with van der Waals surface area (Å²) in [6.07, 6.45) is 2.66. The zero-order chi connectivity index (χ0) is 11.4. The van der Waals surface area contributed by atoms with Crippen molar-refractivity contribution in [1.82, 2.24) is 14.5 Å². The molecular weight excluding hydrogens is 202 g/mol. The van der Waals surface area contributed by atoms with E-state index in [9.17, 15) is 8.78 Å². The maximum Gasteiger partial charge on any atom is 0.319 e. The quantitative estimate of drug-likeness (QED) is 0.803. The van der Waals surface area contributed by atoms with Gasteiger partial charge in [0.25, 0.3) is 0 Å². The number of rotatable bonds is 5. The molecule has 0 aliphatic rings. The van der Waals surface area contributed by atoms with Crippen molar-refractivity contribution < 1.29 is 8.78 Å². The zero-order valence-corrected chi connectivity index (χ0v) is 8.90. The van der Waals surface area contributed by atoms with E-state index in [1.165, 1.54) is 12.4 Å². The van der Waals surface area contributed by atoms with E-state index in [1.807, 2.05) is 18.9 Å². The van der Waals surface area contributed by atoms with Gasteiger partial charge in [0.05, 0.1) is 6.54 Å². The van der Waals surface area contributed by atoms with Crippen LogP contribution in [0.2, 0.25) is 0 Å². The molecule has 15 heavy (non-hydrogen) atoms. The molecule has 2 N–H and O–H groups in total. The average Bonchev–Trinajstić information content (AvgIpc) is 2.64. The molecular formula is C9H16F2N4. The van der Waals surface area contributed by atoms with Gasteiger partial charge < -0.3 is 5.73 Å². The van der Waals surface area contributed by atoms with E-state index in [4.69, 9.17) is 5.73 Å². The third-order valence-corrected chi connectivity index (χ3v) is 2.44. The molecule has 86 valence electrons. The Labute approximate surface area is 87.7 Å². The fraction of sp³-hybridized carbons (Fsp3) is 0.667. The molecule has 0 aliphatic carbocycles. The van der Waals surface area contributed by atoms with Gasteiger partial charge in [-0.1, -0.05) is 0 Å². The number of alkyl halides is 2. The van der Waals surface area contributed by atoms with Crippen molar-refractivity contribution in [2.24, 2.45) is 5.73 Å². The number of imidazole rings is 1. The molecule has 1 heterocycles. The third kappa shape index (κ3) is 2.97. The monoisotopic (exact) mass is 218 g/mol. The van der Waals surface area contributed by atoms with Crippen LogP contribution in [-0.4, -0.2) is 34.1 Å². The molecule has 6 heteroatoms. The van der Waals surface area contributed by atoms with E-state index in [-0.39, 0.29) is 6.04 Å². The molecule has 0 radical (unpaired) electrons. The highest BCUT2D eigenvalue weighted by molar-refractivity contribution is 4.93. The van der Waals surface area contributed by atoms with Crippen LogP contribution >= 0.6 is 0 Å². The zero-order valence-electron chi connectivity index (χ0n) is 8.90. The molecule has 0 fully saturated rings. The van der Waals surface area contributed by atoms with Gasteiger partial charge in [-0.3, -0.25) is 9.47 Å². The molecule has 1 unspecified atom stereocenters. The first-order valence-electron chi connectivity index (χ1n) is 4.76. The third-order valence-electron chi connectivity index (χ3n) is 2.44. The molecule has 0 aromatic carbocycles. The van der Waals surface area contributed by atoms with Crippen LogP contribution in [0, 0.1) is 0 Å². The van der Waals surface area contributed by atoms with Crippen LogP contribution in [-0.2, 0) is 6.54 Å². The van der Waals surface area contributed by atoms with Gasteiger partial charge in [0.2, 0.25) is 0 Å². The molecule has 0 amide bonds. The molecule has 1 aromatic rings. The van der Waals surface area contributed by atoms with E-state index in [0.717, 1.165) is 4.57 Å². The van der Waals surface area contributed by atoms with Crippen LogP contribution in [0.1, 0.15) is 19.3 Å². The highest BCUT2D eigenvalue weighted by atomic mass is 19.3. The number of aromatic nitrogens is 2. The number of hydrogen-bond acceptors (Lipinski definition) is 3. The maximum absolute atomic E-state index is 12.5. The molecule has 1 aromatic heterocycles. The fourth-order valence-corrected chi connectivity index (χ4v) is 1.20. The van der Waals surface area contributed by atoms with Crippen molar-refractivity contribution in [2.75, 3.05) is 13.6 Å². The van der Waals surface area contributed by atoms with Crippen LogP contribution in [0.25, 0.3) is 0 Å². The first kappa shape index (κ1) is 12.1. The van der Waals surface area contributed by atoms with E-state index in [0.29, 0.717) is 18.9 Å². The number of halogens is 2. The Morgan fingerprint density at radius 3 is 2.80 bits per heavy atom. The molecule has 4 nitrogen and oxygen atoms in total. The topological polar surface area (TPSA) is 47.1 Å². The lowest BCUT2D eigenvalue weighted by Gasteiger charge is -2.23. The number of likely N-dealkylation sites (N-methyl/N-ethyl adjacent to an activating group) is 1. The van der Waals surface area contributed by atoms with Crippen LogP contribution in [0.3, 0.4) is 0 Å². The number of nitrogens with zero attached hydrogens (tertiary/aromatic N) is 3. The summed E-state index contributed by atoms with van der Waals surface area (Å²) in [5, 5.41) is 0. The van der Waals surface area contributed by atoms with Crippen molar-refractivity contribution in [2.45, 2.75) is 26.1 Å². The summed E-state index contributed by atoms with van der Waals surface area (Å²) >= 11 is 0. The summed E-state index contributed by atoms with van der Waals surface area (Å²) in [5.41, 5.74) is 5.48. The maximum atomic E-state index is 12.5. The second-order valence-corrected chi connectivity index (χ2v) is 3.53. The number of nitrogens with two attached hydrogens (primary N) is 1. The van der Waals surface area contributed by atoms with Gasteiger partial charge >= 0.3 is 6.55 Å². The van der Waals surface area contributed by atoms with Crippen LogP contribution in [0.4, 0.5) is 8.78 Å². The molecule has 1 rings (SSSR count). The summed E-state index contributed by atoms with van der Waals surface area (Å²) in [6.45, 7) is 0.265. The minimum absolute atomic E-state index is 0.146. The van der Waals surface area contributed by atoms with Gasteiger partial charge in [0.15, 0.2) is 0 Å². The first-order chi connectivity index (χ1) is 7.06. The van der Waals surface area contributed by atoms with Gasteiger partial charge in [0.1, 0.15) is 5.82 Å². The van der Waals surface area contributed by atoms with E-state index < -0.39 is 6.55 Å². The Morgan fingerprint density at radius 1 is 1.60 bits per heavy atom. The molecule has 0 bridgehead atoms. The first-order valence-corrected chi connectivity index (χ1v) is 4.76. The normalized spacial score (nSPS) is 13.8. The average molecular weight is 218 g/mol. The van der Waals surface area contributed by atoms with E-state index >= 15 is 0 Å². The van der Waals surface area contributed by atoms with Gasteiger partial charge in [-0.25, -0.2) is 4.98 Å². The van der Waals surface area contributed by atoms with Crippen LogP contribution in [0.15, 0.2) is 12.4 Å². The standard InChI is InChI=1S/C9H16F2N4/c1-7(5-12)14(2)6-8-13-3-4-15(8)9(10)11/h3-4,7,9H,5-6,12H2,1-2H3. The highest BCUT2D eigenvalue weighted by Crippen LogP contribution is 2.13. The summed E-state index contributed by atoms with van der Waals surface area (Å²) in [7, 11) is 1.84. The second kappa shape index (κ2) is 5.18. The Hall–Kier alpha value is -1.01. The van der Waals surface area contributed by atoms with Gasteiger partial charge in [-0.15, -0.1) is 0 Å². The Bertz CT molecular complexity index is 300. The Balaban J connectivity index is 2.67. The van der Waals surface area contributed by atoms with Gasteiger partial charge in [-0.2, -0.15) is 8.78 Å². The predicted octanol–water partition coefficient (Wildman–Crippen LogP) is 1.06. The van der Waals surface area contributed by atoms with Crippen LogP contribution in [0.5, 0.6) is 0 Å². The molecule has 0 spiro atoms. The van der Waals surface area contributed by atoms with Crippen molar-refractivity contribution in [1.29, 1.82) is 0 Å². The predicted molar refractivity (Wildman–Crippen MR) is 53.5 cm³/mol. The lowest BCUT2D eigenvalue weighted by atomic mass is 10.3. The Kier molecular flexibility index (Phi) is 4.16. The minimum atomic E-state index is -2.54. The molecule has 0 saturated heterocycles. The number of hydrogen-bond donors (Lipinski definition) is 1. The minimum Gasteiger partial charge on any atom is -0.329 e. The van der Waals surface area contributed by atoms with Gasteiger partial charge in [0, 0.05) is 25.0 Å². The smallest absolute Gasteiger partial charge is 0.319 e. The van der Waals surface area contributed by atoms with Crippen LogP contribution < -0.4 is 5.73 Å². The lowest BCUT2D eigenvalue weighted by molar-refractivity contribution is 0.0637.